The zero-order valence-corrected chi connectivity index (χ0v) is 10.3. The lowest BCUT2D eigenvalue weighted by molar-refractivity contribution is 0.187. The fraction of sp³-hybridized carbons (Fsp3) is 0.667. The summed E-state index contributed by atoms with van der Waals surface area (Å²) < 4.78 is 5.35. The lowest BCUT2D eigenvalue weighted by Gasteiger charge is -2.14. The van der Waals surface area contributed by atoms with E-state index in [-0.39, 0.29) is 0 Å². The van der Waals surface area contributed by atoms with Gasteiger partial charge in [0.1, 0.15) is 18.0 Å². The molecule has 94 valence electrons. The molecule has 1 fully saturated rings. The minimum absolute atomic E-state index is 0.584. The first-order valence-electron chi connectivity index (χ1n) is 6.22. The average Bonchev–Trinajstić information content (AvgIpc) is 2.83. The first-order valence-corrected chi connectivity index (χ1v) is 6.22. The molecule has 0 bridgehead atoms. The Balaban J connectivity index is 2.00. The topological polar surface area (TPSA) is 73.1 Å². The highest BCUT2D eigenvalue weighted by atomic mass is 16.5. The molecule has 17 heavy (non-hydrogen) atoms. The average molecular weight is 236 g/mol. The Morgan fingerprint density at radius 1 is 1.53 bits per heavy atom. The molecular weight excluding hydrogens is 216 g/mol. The summed E-state index contributed by atoms with van der Waals surface area (Å²) in [5.41, 5.74) is 6.91. The van der Waals surface area contributed by atoms with Crippen LogP contribution in [0, 0.1) is 5.92 Å². The molecule has 0 aromatic carbocycles. The normalized spacial score (nSPS) is 19.5. The Bertz CT molecular complexity index is 364. The van der Waals surface area contributed by atoms with Crippen LogP contribution >= 0.6 is 0 Å². The van der Waals surface area contributed by atoms with Crippen molar-refractivity contribution in [2.24, 2.45) is 5.92 Å². The summed E-state index contributed by atoms with van der Waals surface area (Å²) in [6.45, 7) is 4.74. The number of nitrogens with one attached hydrogen (secondary N) is 1. The molecule has 1 aliphatic rings. The van der Waals surface area contributed by atoms with Crippen LogP contribution in [0.25, 0.3) is 0 Å². The van der Waals surface area contributed by atoms with Gasteiger partial charge in [0.2, 0.25) is 0 Å². The van der Waals surface area contributed by atoms with Gasteiger partial charge in [-0.2, -0.15) is 0 Å². The van der Waals surface area contributed by atoms with E-state index in [0.717, 1.165) is 50.4 Å². The van der Waals surface area contributed by atoms with E-state index >= 15 is 0 Å². The number of hydrogen-bond donors (Lipinski definition) is 2. The largest absolute Gasteiger partial charge is 0.383 e. The third-order valence-corrected chi connectivity index (χ3v) is 3.06. The van der Waals surface area contributed by atoms with Crippen LogP contribution in [0.1, 0.15) is 25.3 Å². The maximum Gasteiger partial charge on any atom is 0.134 e. The predicted molar refractivity (Wildman–Crippen MR) is 67.9 cm³/mol. The Hall–Kier alpha value is -1.36. The molecule has 2 rings (SSSR count). The van der Waals surface area contributed by atoms with Crippen LogP contribution in [0.2, 0.25) is 0 Å². The van der Waals surface area contributed by atoms with Gasteiger partial charge in [-0.1, -0.05) is 13.3 Å². The lowest BCUT2D eigenvalue weighted by Crippen LogP contribution is -2.16. The summed E-state index contributed by atoms with van der Waals surface area (Å²) in [5.74, 6) is 2.05. The van der Waals surface area contributed by atoms with Gasteiger partial charge in [-0.15, -0.1) is 0 Å². The molecule has 1 atom stereocenters. The van der Waals surface area contributed by atoms with Gasteiger partial charge in [-0.25, -0.2) is 9.97 Å². The molecule has 0 radical (unpaired) electrons. The number of ether oxygens (including phenoxy) is 1. The molecule has 0 aliphatic carbocycles. The number of rotatable bonds is 5. The van der Waals surface area contributed by atoms with Gasteiger partial charge >= 0.3 is 0 Å². The number of nitrogens with two attached hydrogens (primary N) is 1. The Morgan fingerprint density at radius 2 is 2.41 bits per heavy atom. The van der Waals surface area contributed by atoms with Crippen molar-refractivity contribution < 1.29 is 4.74 Å². The summed E-state index contributed by atoms with van der Waals surface area (Å²) in [7, 11) is 0. The van der Waals surface area contributed by atoms with Crippen molar-refractivity contribution >= 4 is 11.6 Å². The SMILES string of the molecule is CCCc1c(N)ncnc1NCC1CCOC1. The Kier molecular flexibility index (Phi) is 4.14. The standard InChI is InChI=1S/C12H20N4O/c1-2-3-10-11(13)15-8-16-12(10)14-6-9-4-5-17-7-9/h8-9H,2-7H2,1H3,(H3,13,14,15,16). The highest BCUT2D eigenvalue weighted by Crippen LogP contribution is 2.20. The van der Waals surface area contributed by atoms with E-state index in [1.165, 1.54) is 6.33 Å². The third kappa shape index (κ3) is 3.06. The minimum atomic E-state index is 0.584. The maximum absolute atomic E-state index is 5.88. The van der Waals surface area contributed by atoms with Crippen LogP contribution in [-0.4, -0.2) is 29.7 Å². The second kappa shape index (κ2) is 5.82. The summed E-state index contributed by atoms with van der Waals surface area (Å²) in [5, 5.41) is 3.37. The van der Waals surface area contributed by atoms with E-state index in [9.17, 15) is 0 Å². The van der Waals surface area contributed by atoms with Crippen LogP contribution in [0.5, 0.6) is 0 Å². The number of anilines is 2. The molecule has 1 aromatic heterocycles. The molecule has 1 aromatic rings. The molecular formula is C12H20N4O. The predicted octanol–water partition coefficient (Wildman–Crippen LogP) is 1.46. The molecule has 1 saturated heterocycles. The summed E-state index contributed by atoms with van der Waals surface area (Å²) in [6.07, 6.45) is 4.59. The molecule has 0 saturated carbocycles. The summed E-state index contributed by atoms with van der Waals surface area (Å²) >= 11 is 0. The Morgan fingerprint density at radius 3 is 3.12 bits per heavy atom. The molecule has 5 nitrogen and oxygen atoms in total. The summed E-state index contributed by atoms with van der Waals surface area (Å²) in [6, 6.07) is 0. The van der Waals surface area contributed by atoms with Crippen LogP contribution in [0.3, 0.4) is 0 Å². The molecule has 1 aliphatic heterocycles. The lowest BCUT2D eigenvalue weighted by atomic mass is 10.1. The number of nitrogens with zero attached hydrogens (tertiary/aromatic N) is 2. The highest BCUT2D eigenvalue weighted by Gasteiger charge is 2.16. The zero-order chi connectivity index (χ0) is 12.1. The van der Waals surface area contributed by atoms with Gasteiger partial charge in [0.25, 0.3) is 0 Å². The third-order valence-electron chi connectivity index (χ3n) is 3.06. The van der Waals surface area contributed by atoms with E-state index in [2.05, 4.69) is 22.2 Å². The van der Waals surface area contributed by atoms with Gasteiger partial charge in [0, 0.05) is 24.6 Å². The monoisotopic (exact) mass is 236 g/mol. The van der Waals surface area contributed by atoms with Gasteiger partial charge in [0.05, 0.1) is 6.61 Å². The number of aromatic nitrogens is 2. The van der Waals surface area contributed by atoms with E-state index < -0.39 is 0 Å². The van der Waals surface area contributed by atoms with E-state index in [1.54, 1.807) is 0 Å². The van der Waals surface area contributed by atoms with Gasteiger partial charge in [-0.05, 0) is 12.8 Å². The second-order valence-electron chi connectivity index (χ2n) is 4.45. The van der Waals surface area contributed by atoms with Crippen molar-refractivity contribution in [3.8, 4) is 0 Å². The fourth-order valence-electron chi connectivity index (χ4n) is 2.06. The van der Waals surface area contributed by atoms with Crippen LogP contribution in [-0.2, 0) is 11.2 Å². The highest BCUT2D eigenvalue weighted by molar-refractivity contribution is 5.54. The molecule has 3 N–H and O–H groups in total. The van der Waals surface area contributed by atoms with Crippen molar-refractivity contribution in [3.63, 3.8) is 0 Å². The smallest absolute Gasteiger partial charge is 0.134 e. The first-order chi connectivity index (χ1) is 8.31. The van der Waals surface area contributed by atoms with Crippen LogP contribution in [0.4, 0.5) is 11.6 Å². The van der Waals surface area contributed by atoms with Gasteiger partial charge in [-0.3, -0.25) is 0 Å². The first kappa shape index (κ1) is 12.1. The number of nitrogen functional groups attached to an aromatic ring is 1. The molecule has 0 amide bonds. The van der Waals surface area contributed by atoms with E-state index in [1.807, 2.05) is 0 Å². The van der Waals surface area contributed by atoms with Crippen molar-refractivity contribution in [2.45, 2.75) is 26.2 Å². The quantitative estimate of drug-likeness (QED) is 0.809. The number of hydrogen-bond acceptors (Lipinski definition) is 5. The molecule has 5 heteroatoms. The molecule has 2 heterocycles. The fourth-order valence-corrected chi connectivity index (χ4v) is 2.06. The van der Waals surface area contributed by atoms with Gasteiger partial charge in [0.15, 0.2) is 0 Å². The summed E-state index contributed by atoms with van der Waals surface area (Å²) in [4.78, 5) is 8.32. The second-order valence-corrected chi connectivity index (χ2v) is 4.45. The van der Waals surface area contributed by atoms with Crippen LogP contribution in [0.15, 0.2) is 6.33 Å². The van der Waals surface area contributed by atoms with Crippen molar-refractivity contribution in [1.82, 2.24) is 9.97 Å². The molecule has 1 unspecified atom stereocenters. The van der Waals surface area contributed by atoms with Crippen LogP contribution < -0.4 is 11.1 Å². The Labute approximate surface area is 102 Å². The van der Waals surface area contributed by atoms with E-state index in [0.29, 0.717) is 11.7 Å². The minimum Gasteiger partial charge on any atom is -0.383 e. The maximum atomic E-state index is 5.88. The van der Waals surface area contributed by atoms with Crippen molar-refractivity contribution in [1.29, 1.82) is 0 Å². The molecule has 0 spiro atoms. The van der Waals surface area contributed by atoms with Crippen molar-refractivity contribution in [3.05, 3.63) is 11.9 Å². The van der Waals surface area contributed by atoms with Crippen molar-refractivity contribution in [2.75, 3.05) is 30.8 Å². The van der Waals surface area contributed by atoms with E-state index in [4.69, 9.17) is 10.5 Å². The van der Waals surface area contributed by atoms with Gasteiger partial charge < -0.3 is 15.8 Å². The zero-order valence-electron chi connectivity index (χ0n) is 10.3.